The molecule has 0 bridgehead atoms. The van der Waals surface area contributed by atoms with Crippen molar-refractivity contribution in [2.45, 2.75) is 38.0 Å². The summed E-state index contributed by atoms with van der Waals surface area (Å²) >= 11 is 0. The van der Waals surface area contributed by atoms with Crippen LogP contribution in [0.4, 0.5) is 11.4 Å². The van der Waals surface area contributed by atoms with Crippen LogP contribution in [-0.2, 0) is 22.9 Å². The lowest BCUT2D eigenvalue weighted by Gasteiger charge is -2.30. The highest BCUT2D eigenvalue weighted by Gasteiger charge is 2.25. The number of amides is 1. The maximum atomic E-state index is 13.0. The number of nitrogens with zero attached hydrogens (tertiary/aromatic N) is 1. The third-order valence-electron chi connectivity index (χ3n) is 5.64. The van der Waals surface area contributed by atoms with Crippen LogP contribution in [0.2, 0.25) is 0 Å². The molecule has 1 aliphatic heterocycles. The highest BCUT2D eigenvalue weighted by atomic mass is 32.2. The molecular formula is C25H26N2O3S. The molecule has 0 fully saturated rings. The lowest BCUT2D eigenvalue weighted by atomic mass is 10.0. The summed E-state index contributed by atoms with van der Waals surface area (Å²) in [6.07, 6.45) is 2.43. The zero-order chi connectivity index (χ0) is 22.0. The average Bonchev–Trinajstić information content (AvgIpc) is 2.78. The molecule has 0 unspecified atom stereocenters. The van der Waals surface area contributed by atoms with E-state index >= 15 is 0 Å². The van der Waals surface area contributed by atoms with Crippen molar-refractivity contribution >= 4 is 27.3 Å². The molecule has 0 atom stereocenters. The van der Waals surface area contributed by atoms with Crippen molar-refractivity contribution in [2.75, 3.05) is 16.2 Å². The van der Waals surface area contributed by atoms with Crippen molar-refractivity contribution in [3.63, 3.8) is 0 Å². The van der Waals surface area contributed by atoms with Gasteiger partial charge in [0.25, 0.3) is 15.9 Å². The lowest BCUT2D eigenvalue weighted by Crippen LogP contribution is -2.35. The van der Waals surface area contributed by atoms with Crippen LogP contribution in [0.5, 0.6) is 0 Å². The molecule has 4 rings (SSSR count). The molecule has 0 saturated heterocycles. The van der Waals surface area contributed by atoms with Crippen LogP contribution >= 0.6 is 0 Å². The third-order valence-corrected chi connectivity index (χ3v) is 7.02. The standard InChI is InChI=1S/C25H26N2O3S/c1-3-19-8-12-22(13-9-19)26-31(29,30)23-14-15-24-21(17-23)5-4-16-27(24)25(28)20-10-6-18(2)7-11-20/h6-15,17,26H,3-5,16H2,1-2H3. The van der Waals surface area contributed by atoms with E-state index in [9.17, 15) is 13.2 Å². The highest BCUT2D eigenvalue weighted by molar-refractivity contribution is 7.92. The van der Waals surface area contributed by atoms with Crippen LogP contribution in [0, 0.1) is 6.92 Å². The van der Waals surface area contributed by atoms with Gasteiger partial charge in [-0.2, -0.15) is 0 Å². The van der Waals surface area contributed by atoms with Gasteiger partial charge in [0.2, 0.25) is 0 Å². The summed E-state index contributed by atoms with van der Waals surface area (Å²) < 4.78 is 28.5. The number of rotatable bonds is 5. The fourth-order valence-electron chi connectivity index (χ4n) is 3.83. The van der Waals surface area contributed by atoms with Crippen LogP contribution in [0.3, 0.4) is 0 Å². The molecule has 1 aliphatic rings. The first-order valence-electron chi connectivity index (χ1n) is 10.5. The largest absolute Gasteiger partial charge is 0.308 e. The summed E-state index contributed by atoms with van der Waals surface area (Å²) in [6.45, 7) is 4.66. The second kappa shape index (κ2) is 8.55. The van der Waals surface area contributed by atoms with Crippen molar-refractivity contribution in [3.05, 3.63) is 89.0 Å². The number of carbonyl (C=O) groups is 1. The Morgan fingerprint density at radius 1 is 1.00 bits per heavy atom. The van der Waals surface area contributed by atoms with E-state index in [1.54, 1.807) is 35.2 Å². The monoisotopic (exact) mass is 434 g/mol. The molecule has 5 nitrogen and oxygen atoms in total. The van der Waals surface area contributed by atoms with Gasteiger partial charge in [0.05, 0.1) is 4.90 Å². The van der Waals surface area contributed by atoms with Crippen molar-refractivity contribution < 1.29 is 13.2 Å². The molecule has 160 valence electrons. The fourth-order valence-corrected chi connectivity index (χ4v) is 4.93. The van der Waals surface area contributed by atoms with Gasteiger partial charge in [-0.25, -0.2) is 8.42 Å². The molecule has 3 aromatic rings. The molecule has 6 heteroatoms. The summed E-state index contributed by atoms with van der Waals surface area (Å²) in [4.78, 5) is 15.0. The Morgan fingerprint density at radius 3 is 2.39 bits per heavy atom. The molecule has 0 saturated carbocycles. The predicted octanol–water partition coefficient (Wildman–Crippen LogP) is 4.95. The van der Waals surface area contributed by atoms with Gasteiger partial charge >= 0.3 is 0 Å². The Kier molecular flexibility index (Phi) is 5.83. The number of nitrogens with one attached hydrogen (secondary N) is 1. The molecule has 0 radical (unpaired) electrons. The quantitative estimate of drug-likeness (QED) is 0.618. The van der Waals surface area contributed by atoms with E-state index in [0.29, 0.717) is 17.8 Å². The maximum Gasteiger partial charge on any atom is 0.261 e. The van der Waals surface area contributed by atoms with Crippen molar-refractivity contribution in [2.24, 2.45) is 0 Å². The minimum atomic E-state index is -3.71. The Labute approximate surface area is 183 Å². The van der Waals surface area contributed by atoms with E-state index in [-0.39, 0.29) is 10.8 Å². The maximum absolute atomic E-state index is 13.0. The van der Waals surface area contributed by atoms with Gasteiger partial charge in [-0.15, -0.1) is 0 Å². The minimum absolute atomic E-state index is 0.0642. The Morgan fingerprint density at radius 2 is 1.71 bits per heavy atom. The topological polar surface area (TPSA) is 66.5 Å². The number of fused-ring (bicyclic) bond motifs is 1. The SMILES string of the molecule is CCc1ccc(NS(=O)(=O)c2ccc3c(c2)CCCN3C(=O)c2ccc(C)cc2)cc1. The average molecular weight is 435 g/mol. The molecule has 1 heterocycles. The van der Waals surface area contributed by atoms with Crippen LogP contribution in [-0.4, -0.2) is 20.9 Å². The Hall–Kier alpha value is -3.12. The number of aryl methyl sites for hydroxylation is 3. The van der Waals surface area contributed by atoms with Crippen molar-refractivity contribution in [1.29, 1.82) is 0 Å². The summed E-state index contributed by atoms with van der Waals surface area (Å²) in [5.74, 6) is -0.0642. The summed E-state index contributed by atoms with van der Waals surface area (Å²) in [7, 11) is -3.71. The van der Waals surface area contributed by atoms with Crippen LogP contribution < -0.4 is 9.62 Å². The normalized spacial score (nSPS) is 13.5. The third kappa shape index (κ3) is 4.49. The predicted molar refractivity (Wildman–Crippen MR) is 124 cm³/mol. The van der Waals surface area contributed by atoms with Crippen LogP contribution in [0.1, 0.15) is 40.4 Å². The lowest BCUT2D eigenvalue weighted by molar-refractivity contribution is 0.0985. The second-order valence-corrected chi connectivity index (χ2v) is 9.56. The summed E-state index contributed by atoms with van der Waals surface area (Å²) in [6, 6.07) is 19.9. The van der Waals surface area contributed by atoms with Gasteiger partial charge in [0.1, 0.15) is 0 Å². The van der Waals surface area contributed by atoms with Gasteiger partial charge in [-0.1, -0.05) is 36.8 Å². The number of anilines is 2. The van der Waals surface area contributed by atoms with E-state index < -0.39 is 10.0 Å². The van der Waals surface area contributed by atoms with Gasteiger partial charge in [0, 0.05) is 23.5 Å². The van der Waals surface area contributed by atoms with Gasteiger partial charge in [0.15, 0.2) is 0 Å². The van der Waals surface area contributed by atoms with Crippen molar-refractivity contribution in [3.8, 4) is 0 Å². The van der Waals surface area contributed by atoms with E-state index in [1.807, 2.05) is 43.3 Å². The van der Waals surface area contributed by atoms with E-state index in [1.165, 1.54) is 0 Å². The molecule has 1 amide bonds. The second-order valence-electron chi connectivity index (χ2n) is 7.87. The molecule has 0 aliphatic carbocycles. The number of hydrogen-bond donors (Lipinski definition) is 1. The Balaban J connectivity index is 1.60. The number of carbonyl (C=O) groups excluding carboxylic acids is 1. The van der Waals surface area contributed by atoms with E-state index in [0.717, 1.165) is 41.6 Å². The first kappa shape index (κ1) is 21.1. The highest BCUT2D eigenvalue weighted by Crippen LogP contribution is 2.31. The van der Waals surface area contributed by atoms with E-state index in [4.69, 9.17) is 0 Å². The molecule has 0 aromatic heterocycles. The smallest absolute Gasteiger partial charge is 0.261 e. The number of benzene rings is 3. The molecule has 31 heavy (non-hydrogen) atoms. The first-order valence-corrected chi connectivity index (χ1v) is 12.0. The molecular weight excluding hydrogens is 408 g/mol. The number of sulfonamides is 1. The van der Waals surface area contributed by atoms with Gasteiger partial charge in [-0.05, 0) is 79.8 Å². The zero-order valence-corrected chi connectivity index (χ0v) is 18.6. The summed E-state index contributed by atoms with van der Waals surface area (Å²) in [5.41, 5.74) is 5.06. The van der Waals surface area contributed by atoms with Crippen LogP contribution in [0.25, 0.3) is 0 Å². The van der Waals surface area contributed by atoms with Crippen LogP contribution in [0.15, 0.2) is 71.6 Å². The fraction of sp³-hybridized carbons (Fsp3) is 0.240. The van der Waals surface area contributed by atoms with E-state index in [2.05, 4.69) is 11.6 Å². The molecule has 3 aromatic carbocycles. The molecule has 1 N–H and O–H groups in total. The van der Waals surface area contributed by atoms with Crippen molar-refractivity contribution in [1.82, 2.24) is 0 Å². The summed E-state index contributed by atoms with van der Waals surface area (Å²) in [5, 5.41) is 0. The minimum Gasteiger partial charge on any atom is -0.308 e. The van der Waals surface area contributed by atoms with Gasteiger partial charge < -0.3 is 4.90 Å². The zero-order valence-electron chi connectivity index (χ0n) is 17.8. The Bertz CT molecular complexity index is 1200. The molecule has 0 spiro atoms. The number of hydrogen-bond acceptors (Lipinski definition) is 3. The van der Waals surface area contributed by atoms with Gasteiger partial charge in [-0.3, -0.25) is 9.52 Å². The first-order chi connectivity index (χ1) is 14.9.